The van der Waals surface area contributed by atoms with Crippen LogP contribution in [-0.4, -0.2) is 29.5 Å². The van der Waals surface area contributed by atoms with Crippen molar-refractivity contribution < 1.29 is 14.3 Å². The van der Waals surface area contributed by atoms with Crippen molar-refractivity contribution in [1.29, 1.82) is 0 Å². The molecular formula is C16H22Cl2N2O3. The predicted octanol–water partition coefficient (Wildman–Crippen LogP) is 3.88. The van der Waals surface area contributed by atoms with Gasteiger partial charge in [-0.3, -0.25) is 4.79 Å². The SMILES string of the molecule is CC(C)CCC[C@@H](C)NC(=O)COC(=O)c1nc(Cl)ccc1Cl. The largest absolute Gasteiger partial charge is 0.451 e. The molecule has 5 nitrogen and oxygen atoms in total. The minimum Gasteiger partial charge on any atom is -0.451 e. The fourth-order valence-electron chi connectivity index (χ4n) is 1.98. The summed E-state index contributed by atoms with van der Waals surface area (Å²) in [6.45, 7) is 5.88. The van der Waals surface area contributed by atoms with E-state index in [1.54, 1.807) is 0 Å². The summed E-state index contributed by atoms with van der Waals surface area (Å²) in [4.78, 5) is 27.4. The summed E-state index contributed by atoms with van der Waals surface area (Å²) < 4.78 is 4.91. The zero-order valence-electron chi connectivity index (χ0n) is 13.6. The molecule has 0 saturated heterocycles. The van der Waals surface area contributed by atoms with Gasteiger partial charge in [0, 0.05) is 6.04 Å². The van der Waals surface area contributed by atoms with Crippen molar-refractivity contribution in [2.75, 3.05) is 6.61 Å². The molecule has 1 heterocycles. The van der Waals surface area contributed by atoms with Gasteiger partial charge in [0.2, 0.25) is 0 Å². The molecule has 0 fully saturated rings. The highest BCUT2D eigenvalue weighted by atomic mass is 35.5. The van der Waals surface area contributed by atoms with Gasteiger partial charge in [0.25, 0.3) is 5.91 Å². The Balaban J connectivity index is 2.38. The molecule has 128 valence electrons. The molecule has 1 N–H and O–H groups in total. The molecule has 0 aliphatic heterocycles. The molecule has 7 heteroatoms. The summed E-state index contributed by atoms with van der Waals surface area (Å²) in [5, 5.41) is 3.05. The molecule has 0 aliphatic carbocycles. The van der Waals surface area contributed by atoms with E-state index in [-0.39, 0.29) is 34.4 Å². The second-order valence-electron chi connectivity index (χ2n) is 5.83. The van der Waals surface area contributed by atoms with Crippen LogP contribution in [0.1, 0.15) is 50.5 Å². The fourth-order valence-corrected chi connectivity index (χ4v) is 2.31. The first-order valence-corrected chi connectivity index (χ1v) is 8.33. The number of carbonyl (C=O) groups is 2. The number of hydrogen-bond donors (Lipinski definition) is 1. The summed E-state index contributed by atoms with van der Waals surface area (Å²) in [5.41, 5.74) is -0.100. The van der Waals surface area contributed by atoms with Gasteiger partial charge in [0.05, 0.1) is 5.02 Å². The number of nitrogens with zero attached hydrogens (tertiary/aromatic N) is 1. The molecule has 1 amide bonds. The number of aromatic nitrogens is 1. The van der Waals surface area contributed by atoms with Gasteiger partial charge in [0.1, 0.15) is 5.15 Å². The molecule has 23 heavy (non-hydrogen) atoms. The van der Waals surface area contributed by atoms with E-state index in [4.69, 9.17) is 27.9 Å². The first-order valence-electron chi connectivity index (χ1n) is 7.58. The molecule has 0 aromatic carbocycles. The van der Waals surface area contributed by atoms with Crippen molar-refractivity contribution in [2.24, 2.45) is 5.92 Å². The maximum atomic E-state index is 11.8. The molecule has 1 rings (SSSR count). The van der Waals surface area contributed by atoms with Crippen LogP contribution < -0.4 is 5.32 Å². The lowest BCUT2D eigenvalue weighted by atomic mass is 10.0. The van der Waals surface area contributed by atoms with Gasteiger partial charge in [-0.15, -0.1) is 0 Å². The van der Waals surface area contributed by atoms with E-state index in [1.807, 2.05) is 6.92 Å². The van der Waals surface area contributed by atoms with Gasteiger partial charge in [-0.2, -0.15) is 0 Å². The van der Waals surface area contributed by atoms with Crippen LogP contribution in [0.3, 0.4) is 0 Å². The number of rotatable bonds is 8. The molecule has 0 bridgehead atoms. The number of ether oxygens (including phenoxy) is 1. The van der Waals surface area contributed by atoms with Crippen molar-refractivity contribution in [3.05, 3.63) is 28.0 Å². The molecule has 0 saturated carbocycles. The van der Waals surface area contributed by atoms with Gasteiger partial charge in [0.15, 0.2) is 12.3 Å². The van der Waals surface area contributed by atoms with Crippen molar-refractivity contribution in [3.63, 3.8) is 0 Å². The summed E-state index contributed by atoms with van der Waals surface area (Å²) in [6.07, 6.45) is 3.05. The molecule has 1 atom stereocenters. The number of nitrogens with one attached hydrogen (secondary N) is 1. The van der Waals surface area contributed by atoms with Crippen LogP contribution in [0.4, 0.5) is 0 Å². The standard InChI is InChI=1S/C16H22Cl2N2O3/c1-10(2)5-4-6-11(3)19-14(21)9-23-16(22)15-12(17)7-8-13(18)20-15/h7-8,10-11H,4-6,9H2,1-3H3,(H,19,21)/t11-/m1/s1. The van der Waals surface area contributed by atoms with E-state index >= 15 is 0 Å². The van der Waals surface area contributed by atoms with Crippen LogP contribution in [0.5, 0.6) is 0 Å². The second-order valence-corrected chi connectivity index (χ2v) is 6.63. The molecule has 0 unspecified atom stereocenters. The molecule has 0 aliphatic rings. The highest BCUT2D eigenvalue weighted by Crippen LogP contribution is 2.17. The van der Waals surface area contributed by atoms with Crippen LogP contribution in [0.25, 0.3) is 0 Å². The van der Waals surface area contributed by atoms with E-state index < -0.39 is 5.97 Å². The minimum absolute atomic E-state index is 0.0350. The third-order valence-electron chi connectivity index (χ3n) is 3.17. The third-order valence-corrected chi connectivity index (χ3v) is 3.68. The Kier molecular flexibility index (Phi) is 8.34. The minimum atomic E-state index is -0.778. The number of pyridine rings is 1. The highest BCUT2D eigenvalue weighted by molar-refractivity contribution is 6.34. The highest BCUT2D eigenvalue weighted by Gasteiger charge is 2.16. The number of esters is 1. The zero-order chi connectivity index (χ0) is 17.4. The number of carbonyl (C=O) groups excluding carboxylic acids is 2. The summed E-state index contributed by atoms with van der Waals surface area (Å²) >= 11 is 11.6. The Bertz CT molecular complexity index is 550. The average Bonchev–Trinajstić information content (AvgIpc) is 2.46. The summed E-state index contributed by atoms with van der Waals surface area (Å²) in [7, 11) is 0. The van der Waals surface area contributed by atoms with E-state index in [0.717, 1.165) is 19.3 Å². The molecule has 1 aromatic rings. The Morgan fingerprint density at radius 3 is 2.57 bits per heavy atom. The Labute approximate surface area is 146 Å². The van der Waals surface area contributed by atoms with Gasteiger partial charge >= 0.3 is 5.97 Å². The van der Waals surface area contributed by atoms with Crippen LogP contribution in [-0.2, 0) is 9.53 Å². The normalized spacial score (nSPS) is 12.1. The molecule has 0 radical (unpaired) electrons. The Morgan fingerprint density at radius 1 is 1.22 bits per heavy atom. The lowest BCUT2D eigenvalue weighted by Crippen LogP contribution is -2.36. The van der Waals surface area contributed by atoms with E-state index in [0.29, 0.717) is 5.92 Å². The summed E-state index contributed by atoms with van der Waals surface area (Å²) in [6, 6.07) is 2.95. The van der Waals surface area contributed by atoms with Crippen molar-refractivity contribution in [2.45, 2.75) is 46.1 Å². The van der Waals surface area contributed by atoms with Gasteiger partial charge in [-0.1, -0.05) is 49.9 Å². The number of hydrogen-bond acceptors (Lipinski definition) is 4. The quantitative estimate of drug-likeness (QED) is 0.564. The lowest BCUT2D eigenvalue weighted by Gasteiger charge is -2.14. The predicted molar refractivity (Wildman–Crippen MR) is 90.8 cm³/mol. The summed E-state index contributed by atoms with van der Waals surface area (Å²) in [5.74, 6) is -0.484. The van der Waals surface area contributed by atoms with Crippen LogP contribution >= 0.6 is 23.2 Å². The maximum Gasteiger partial charge on any atom is 0.359 e. The van der Waals surface area contributed by atoms with Crippen LogP contribution in [0.15, 0.2) is 12.1 Å². The first-order chi connectivity index (χ1) is 10.8. The topological polar surface area (TPSA) is 68.3 Å². The lowest BCUT2D eigenvalue weighted by molar-refractivity contribution is -0.124. The first kappa shape index (κ1) is 19.7. The molecule has 0 spiro atoms. The van der Waals surface area contributed by atoms with Crippen molar-refractivity contribution in [3.8, 4) is 0 Å². The second kappa shape index (κ2) is 9.73. The van der Waals surface area contributed by atoms with Gasteiger partial charge in [-0.05, 0) is 31.4 Å². The van der Waals surface area contributed by atoms with E-state index in [1.165, 1.54) is 12.1 Å². The molecule has 1 aromatic heterocycles. The number of amides is 1. The van der Waals surface area contributed by atoms with Gasteiger partial charge in [-0.25, -0.2) is 9.78 Å². The maximum absolute atomic E-state index is 11.8. The average molecular weight is 361 g/mol. The monoisotopic (exact) mass is 360 g/mol. The molecular weight excluding hydrogens is 339 g/mol. The Hall–Kier alpha value is -1.33. The van der Waals surface area contributed by atoms with E-state index in [2.05, 4.69) is 24.1 Å². The third kappa shape index (κ3) is 7.66. The zero-order valence-corrected chi connectivity index (χ0v) is 15.1. The fraction of sp³-hybridized carbons (Fsp3) is 0.562. The van der Waals surface area contributed by atoms with Crippen LogP contribution in [0, 0.1) is 5.92 Å². The Morgan fingerprint density at radius 2 is 1.91 bits per heavy atom. The van der Waals surface area contributed by atoms with Crippen LogP contribution in [0.2, 0.25) is 10.2 Å². The van der Waals surface area contributed by atoms with Crippen molar-refractivity contribution >= 4 is 35.1 Å². The van der Waals surface area contributed by atoms with Gasteiger partial charge < -0.3 is 10.1 Å². The smallest absolute Gasteiger partial charge is 0.359 e. The van der Waals surface area contributed by atoms with E-state index in [9.17, 15) is 9.59 Å². The van der Waals surface area contributed by atoms with Crippen molar-refractivity contribution in [1.82, 2.24) is 10.3 Å². The number of halogens is 2.